The summed E-state index contributed by atoms with van der Waals surface area (Å²) in [6, 6.07) is 25.0. The van der Waals surface area contributed by atoms with Crippen molar-refractivity contribution in [2.24, 2.45) is 0 Å². The van der Waals surface area contributed by atoms with E-state index in [1.165, 1.54) is 5.56 Å². The fourth-order valence-electron chi connectivity index (χ4n) is 4.37. The largest absolute Gasteiger partial charge is 0.354 e. The normalized spacial score (nSPS) is 13.8. The molecule has 150 valence electrons. The summed E-state index contributed by atoms with van der Waals surface area (Å²) in [4.78, 5) is 19.0. The summed E-state index contributed by atoms with van der Waals surface area (Å²) in [5, 5.41) is 1.15. The van der Waals surface area contributed by atoms with Crippen LogP contribution in [0, 0.1) is 0 Å². The van der Waals surface area contributed by atoms with Gasteiger partial charge >= 0.3 is 0 Å². The average Bonchev–Trinajstić information content (AvgIpc) is 3.04. The van der Waals surface area contributed by atoms with E-state index in [0.717, 1.165) is 39.0 Å². The van der Waals surface area contributed by atoms with Crippen molar-refractivity contribution in [2.75, 3.05) is 4.90 Å². The third-order valence-corrected chi connectivity index (χ3v) is 6.05. The lowest BCUT2D eigenvalue weighted by Crippen LogP contribution is -2.31. The Morgan fingerprint density at radius 3 is 2.43 bits per heavy atom. The van der Waals surface area contributed by atoms with Gasteiger partial charge in [0.1, 0.15) is 0 Å². The molecule has 5 rings (SSSR count). The van der Waals surface area contributed by atoms with Crippen LogP contribution in [0.15, 0.2) is 72.8 Å². The topological polar surface area (TPSA) is 36.1 Å². The van der Waals surface area contributed by atoms with Crippen molar-refractivity contribution in [2.45, 2.75) is 39.2 Å². The van der Waals surface area contributed by atoms with Crippen LogP contribution in [0.25, 0.3) is 22.2 Å². The molecule has 0 unspecified atom stereocenters. The summed E-state index contributed by atoms with van der Waals surface area (Å²) in [7, 11) is 0. The van der Waals surface area contributed by atoms with Gasteiger partial charge < -0.3 is 9.88 Å². The van der Waals surface area contributed by atoms with Crippen molar-refractivity contribution in [3.8, 4) is 11.3 Å². The molecule has 2 heterocycles. The number of fused-ring (bicyclic) bond motifs is 5. The summed E-state index contributed by atoms with van der Waals surface area (Å²) < 4.78 is 0. The predicted molar refractivity (Wildman–Crippen MR) is 124 cm³/mol. The maximum absolute atomic E-state index is 13.5. The number of hydrogen-bond donors (Lipinski definition) is 1. The molecule has 0 aliphatic carbocycles. The van der Waals surface area contributed by atoms with E-state index in [4.69, 9.17) is 0 Å². The Morgan fingerprint density at radius 1 is 0.933 bits per heavy atom. The summed E-state index contributed by atoms with van der Waals surface area (Å²) >= 11 is 0. The fourth-order valence-corrected chi connectivity index (χ4v) is 4.37. The Bertz CT molecular complexity index is 1250. The smallest absolute Gasteiger partial charge is 0.231 e. The second-order valence-electron chi connectivity index (χ2n) is 9.15. The van der Waals surface area contributed by atoms with Gasteiger partial charge in [-0.1, -0.05) is 75.4 Å². The van der Waals surface area contributed by atoms with Crippen LogP contribution in [-0.4, -0.2) is 10.9 Å². The van der Waals surface area contributed by atoms with Crippen molar-refractivity contribution < 1.29 is 4.79 Å². The summed E-state index contributed by atoms with van der Waals surface area (Å²) in [6.07, 6.45) is 0.393. The number of rotatable bonds is 2. The van der Waals surface area contributed by atoms with Crippen molar-refractivity contribution in [1.82, 2.24) is 4.98 Å². The molecule has 3 nitrogen and oxygen atoms in total. The van der Waals surface area contributed by atoms with Gasteiger partial charge in [0.2, 0.25) is 5.91 Å². The minimum Gasteiger partial charge on any atom is -0.354 e. The van der Waals surface area contributed by atoms with Gasteiger partial charge in [0.25, 0.3) is 0 Å². The van der Waals surface area contributed by atoms with E-state index in [-0.39, 0.29) is 11.3 Å². The molecule has 0 radical (unpaired) electrons. The quantitative estimate of drug-likeness (QED) is 0.430. The highest BCUT2D eigenvalue weighted by atomic mass is 16.2. The Labute approximate surface area is 177 Å². The van der Waals surface area contributed by atoms with E-state index in [1.807, 2.05) is 35.2 Å². The number of hydrogen-bond acceptors (Lipinski definition) is 1. The standard InChI is InChI=1S/C27H26N2O/c1-27(2,3)19-13-14-23-21(15-19)22-16-25(30)29(17-18-9-5-4-6-10-18)24-12-8-7-11-20(24)26(22)28-23/h4-15,28H,16-17H2,1-3H3. The molecule has 1 aliphatic heterocycles. The number of aromatic nitrogens is 1. The summed E-state index contributed by atoms with van der Waals surface area (Å²) in [5.74, 6) is 0.132. The SMILES string of the molecule is CC(C)(C)c1ccc2[nH]c3c(c2c1)CC(=O)N(Cc1ccccc1)c1ccccc1-3. The van der Waals surface area contributed by atoms with Crippen LogP contribution in [-0.2, 0) is 23.2 Å². The van der Waals surface area contributed by atoms with E-state index in [9.17, 15) is 4.79 Å². The first-order valence-corrected chi connectivity index (χ1v) is 10.5. The number of nitrogens with zero attached hydrogens (tertiary/aromatic N) is 1. The zero-order valence-corrected chi connectivity index (χ0v) is 17.7. The molecule has 1 aromatic heterocycles. The number of benzene rings is 3. The van der Waals surface area contributed by atoms with E-state index < -0.39 is 0 Å². The number of carbonyl (C=O) groups is 1. The minimum absolute atomic E-state index is 0.0599. The highest BCUT2D eigenvalue weighted by Gasteiger charge is 2.29. The second-order valence-corrected chi connectivity index (χ2v) is 9.15. The monoisotopic (exact) mass is 394 g/mol. The van der Waals surface area contributed by atoms with E-state index in [1.54, 1.807) is 0 Å². The summed E-state index contributed by atoms with van der Waals surface area (Å²) in [5.41, 5.74) is 7.78. The fraction of sp³-hybridized carbons (Fsp3) is 0.222. The van der Waals surface area contributed by atoms with Crippen LogP contribution in [0.4, 0.5) is 5.69 Å². The first kappa shape index (κ1) is 18.7. The van der Waals surface area contributed by atoms with Gasteiger partial charge in [-0.3, -0.25) is 4.79 Å². The molecule has 30 heavy (non-hydrogen) atoms. The molecule has 0 fully saturated rings. The van der Waals surface area contributed by atoms with Gasteiger partial charge in [0.15, 0.2) is 0 Å². The van der Waals surface area contributed by atoms with Crippen LogP contribution in [0.5, 0.6) is 0 Å². The molecular weight excluding hydrogens is 368 g/mol. The van der Waals surface area contributed by atoms with Gasteiger partial charge in [0, 0.05) is 16.5 Å². The number of amides is 1. The van der Waals surface area contributed by atoms with Crippen LogP contribution in [0.3, 0.4) is 0 Å². The van der Waals surface area contributed by atoms with Gasteiger partial charge in [-0.2, -0.15) is 0 Å². The molecular formula is C27H26N2O. The van der Waals surface area contributed by atoms with Crippen molar-refractivity contribution >= 4 is 22.5 Å². The lowest BCUT2D eigenvalue weighted by Gasteiger charge is -2.23. The lowest BCUT2D eigenvalue weighted by atomic mass is 9.86. The third-order valence-electron chi connectivity index (χ3n) is 6.05. The Balaban J connectivity index is 1.68. The molecule has 0 bridgehead atoms. The molecule has 1 amide bonds. The number of para-hydroxylation sites is 1. The first-order valence-electron chi connectivity index (χ1n) is 10.5. The Hall–Kier alpha value is -3.33. The van der Waals surface area contributed by atoms with Crippen LogP contribution in [0.1, 0.15) is 37.5 Å². The van der Waals surface area contributed by atoms with Crippen molar-refractivity contribution in [3.63, 3.8) is 0 Å². The molecule has 1 N–H and O–H groups in total. The molecule has 0 saturated carbocycles. The molecule has 3 aromatic carbocycles. The van der Waals surface area contributed by atoms with E-state index in [0.29, 0.717) is 13.0 Å². The van der Waals surface area contributed by atoms with Crippen LogP contribution >= 0.6 is 0 Å². The van der Waals surface area contributed by atoms with Gasteiger partial charge in [-0.15, -0.1) is 0 Å². The van der Waals surface area contributed by atoms with Crippen molar-refractivity contribution in [3.05, 3.63) is 89.5 Å². The summed E-state index contributed by atoms with van der Waals surface area (Å²) in [6.45, 7) is 7.25. The predicted octanol–water partition coefficient (Wildman–Crippen LogP) is 6.22. The average molecular weight is 395 g/mol. The number of H-pyrrole nitrogens is 1. The highest BCUT2D eigenvalue weighted by molar-refractivity contribution is 6.06. The van der Waals surface area contributed by atoms with Crippen molar-refractivity contribution in [1.29, 1.82) is 0 Å². The number of aromatic amines is 1. The maximum atomic E-state index is 13.5. The molecule has 1 aliphatic rings. The van der Waals surface area contributed by atoms with E-state index >= 15 is 0 Å². The number of anilines is 1. The highest BCUT2D eigenvalue weighted by Crippen LogP contribution is 2.41. The number of carbonyl (C=O) groups excluding carboxylic acids is 1. The van der Waals surface area contributed by atoms with Gasteiger partial charge in [-0.05, 0) is 40.3 Å². The zero-order chi connectivity index (χ0) is 20.9. The Kier molecular flexibility index (Phi) is 4.28. The molecule has 4 aromatic rings. The third kappa shape index (κ3) is 3.11. The van der Waals surface area contributed by atoms with Gasteiger partial charge in [-0.25, -0.2) is 0 Å². The molecule has 0 atom stereocenters. The lowest BCUT2D eigenvalue weighted by molar-refractivity contribution is -0.118. The molecule has 0 spiro atoms. The Morgan fingerprint density at radius 2 is 1.67 bits per heavy atom. The second kappa shape index (κ2) is 6.88. The van der Waals surface area contributed by atoms with Crippen LogP contribution < -0.4 is 4.90 Å². The minimum atomic E-state index is 0.0599. The van der Waals surface area contributed by atoms with Crippen LogP contribution in [0.2, 0.25) is 0 Å². The maximum Gasteiger partial charge on any atom is 0.231 e. The van der Waals surface area contributed by atoms with E-state index in [2.05, 4.69) is 68.2 Å². The number of nitrogens with one attached hydrogen (secondary N) is 1. The molecule has 0 saturated heterocycles. The molecule has 3 heteroatoms. The van der Waals surface area contributed by atoms with Gasteiger partial charge in [0.05, 0.1) is 24.3 Å². The first-order chi connectivity index (χ1) is 14.4. The zero-order valence-electron chi connectivity index (χ0n) is 17.7.